The van der Waals surface area contributed by atoms with Crippen molar-refractivity contribution in [2.24, 2.45) is 0 Å². The Morgan fingerprint density at radius 3 is 2.65 bits per heavy atom. The van der Waals surface area contributed by atoms with Crippen LogP contribution in [0.25, 0.3) is 0 Å². The van der Waals surface area contributed by atoms with Gasteiger partial charge in [-0.2, -0.15) is 0 Å². The van der Waals surface area contributed by atoms with Crippen molar-refractivity contribution in [2.45, 2.75) is 13.5 Å². The molecular weight excluding hydrogens is 278 g/mol. The molecule has 1 aromatic heterocycles. The van der Waals surface area contributed by atoms with E-state index in [1.165, 1.54) is 4.90 Å². The molecule has 1 heterocycles. The van der Waals surface area contributed by atoms with E-state index in [2.05, 4.69) is 9.97 Å². The van der Waals surface area contributed by atoms with Gasteiger partial charge in [0.25, 0.3) is 0 Å². The molecule has 0 bridgehead atoms. The van der Waals surface area contributed by atoms with Crippen LogP contribution in [0.5, 0.6) is 0 Å². The van der Waals surface area contributed by atoms with Gasteiger partial charge in [0.05, 0.1) is 0 Å². The van der Waals surface area contributed by atoms with Gasteiger partial charge in [-0.05, 0) is 18.6 Å². The number of halogens is 1. The summed E-state index contributed by atoms with van der Waals surface area (Å²) in [4.78, 5) is 21.3. The van der Waals surface area contributed by atoms with E-state index in [-0.39, 0.29) is 17.7 Å². The fraction of sp³-hybridized carbons (Fsp3) is 0.214. The summed E-state index contributed by atoms with van der Waals surface area (Å²) in [7, 11) is 1.54. The van der Waals surface area contributed by atoms with Gasteiger partial charge in [0.15, 0.2) is 0 Å². The number of hydrogen-bond donors (Lipinski definition) is 0. The van der Waals surface area contributed by atoms with Crippen molar-refractivity contribution in [3.8, 4) is 0 Å². The largest absolute Gasteiger partial charge is 0.444 e. The van der Waals surface area contributed by atoms with Crippen molar-refractivity contribution >= 4 is 23.6 Å². The van der Waals surface area contributed by atoms with E-state index in [0.717, 1.165) is 5.56 Å². The van der Waals surface area contributed by atoms with E-state index >= 15 is 0 Å². The molecule has 1 aromatic carbocycles. The van der Waals surface area contributed by atoms with Gasteiger partial charge in [-0.25, -0.2) is 19.7 Å². The minimum atomic E-state index is -0.532. The third-order valence-corrected chi connectivity index (χ3v) is 2.78. The summed E-state index contributed by atoms with van der Waals surface area (Å²) in [6, 6.07) is 11.1. The summed E-state index contributed by atoms with van der Waals surface area (Å²) in [5.74, 6) is 0.216. The molecule has 6 heteroatoms. The average Bonchev–Trinajstić information content (AvgIpc) is 2.44. The van der Waals surface area contributed by atoms with Gasteiger partial charge in [-0.1, -0.05) is 41.9 Å². The lowest BCUT2D eigenvalue weighted by Gasteiger charge is -2.15. The molecule has 0 aliphatic carbocycles. The van der Waals surface area contributed by atoms with Crippen molar-refractivity contribution in [2.75, 3.05) is 11.9 Å². The molecule has 0 atom stereocenters. The summed E-state index contributed by atoms with van der Waals surface area (Å²) in [6.45, 7) is 1.98. The molecular formula is C14H14ClN3O2. The third-order valence-electron chi connectivity index (χ3n) is 2.59. The third kappa shape index (κ3) is 3.68. The minimum absolute atomic E-state index is 0.198. The van der Waals surface area contributed by atoms with Crippen LogP contribution in [0.15, 0.2) is 36.4 Å². The maximum absolute atomic E-state index is 11.9. The predicted molar refractivity (Wildman–Crippen MR) is 76.8 cm³/mol. The number of aryl methyl sites for hydroxylation is 1. The molecule has 0 aliphatic rings. The van der Waals surface area contributed by atoms with Crippen LogP contribution in [0.2, 0.25) is 5.15 Å². The number of anilines is 1. The molecule has 2 aromatic rings. The van der Waals surface area contributed by atoms with E-state index in [1.807, 2.05) is 30.3 Å². The molecule has 0 fully saturated rings. The van der Waals surface area contributed by atoms with E-state index in [1.54, 1.807) is 20.0 Å². The monoisotopic (exact) mass is 291 g/mol. The lowest BCUT2D eigenvalue weighted by Crippen LogP contribution is -2.28. The number of benzene rings is 1. The van der Waals surface area contributed by atoms with E-state index in [9.17, 15) is 4.79 Å². The normalized spacial score (nSPS) is 10.2. The Morgan fingerprint density at radius 1 is 1.30 bits per heavy atom. The number of nitrogens with zero attached hydrogens (tertiary/aromatic N) is 3. The zero-order chi connectivity index (χ0) is 14.5. The van der Waals surface area contributed by atoms with Crippen LogP contribution < -0.4 is 4.90 Å². The smallest absolute Gasteiger partial charge is 0.416 e. The van der Waals surface area contributed by atoms with Gasteiger partial charge in [0.2, 0.25) is 5.95 Å². The van der Waals surface area contributed by atoms with Gasteiger partial charge in [-0.3, -0.25) is 0 Å². The first-order chi connectivity index (χ1) is 9.56. The highest BCUT2D eigenvalue weighted by atomic mass is 35.5. The molecule has 0 saturated carbocycles. The average molecular weight is 292 g/mol. The Kier molecular flexibility index (Phi) is 4.53. The maximum atomic E-state index is 11.9. The zero-order valence-corrected chi connectivity index (χ0v) is 12.0. The first kappa shape index (κ1) is 14.3. The fourth-order valence-corrected chi connectivity index (χ4v) is 1.80. The van der Waals surface area contributed by atoms with Crippen LogP contribution in [-0.4, -0.2) is 23.1 Å². The Hall–Kier alpha value is -2.14. The zero-order valence-electron chi connectivity index (χ0n) is 11.2. The number of amides is 1. The molecule has 0 spiro atoms. The number of carbonyl (C=O) groups is 1. The maximum Gasteiger partial charge on any atom is 0.416 e. The van der Waals surface area contributed by atoms with Crippen molar-refractivity contribution in [1.82, 2.24) is 9.97 Å². The fourth-order valence-electron chi connectivity index (χ4n) is 1.56. The standard InChI is InChI=1S/C14H14ClN3O2/c1-10-8-12(15)17-13(16-10)18(2)14(19)20-9-11-6-4-3-5-7-11/h3-8H,9H2,1-2H3. The van der Waals surface area contributed by atoms with Crippen LogP contribution in [0.3, 0.4) is 0 Å². The first-order valence-corrected chi connectivity index (χ1v) is 6.39. The van der Waals surface area contributed by atoms with E-state index in [0.29, 0.717) is 5.69 Å². The number of rotatable bonds is 3. The molecule has 0 unspecified atom stereocenters. The lowest BCUT2D eigenvalue weighted by atomic mass is 10.2. The highest BCUT2D eigenvalue weighted by Crippen LogP contribution is 2.13. The Balaban J connectivity index is 2.01. The summed E-state index contributed by atoms with van der Waals surface area (Å²) >= 11 is 5.84. The molecule has 0 N–H and O–H groups in total. The van der Waals surface area contributed by atoms with Crippen LogP contribution in [0.4, 0.5) is 10.7 Å². The molecule has 5 nitrogen and oxygen atoms in total. The van der Waals surface area contributed by atoms with Crippen LogP contribution in [-0.2, 0) is 11.3 Å². The molecule has 0 aliphatic heterocycles. The molecule has 104 valence electrons. The van der Waals surface area contributed by atoms with Crippen LogP contribution in [0.1, 0.15) is 11.3 Å². The van der Waals surface area contributed by atoms with Crippen molar-refractivity contribution in [1.29, 1.82) is 0 Å². The number of aromatic nitrogens is 2. The van der Waals surface area contributed by atoms with Crippen molar-refractivity contribution in [3.05, 3.63) is 52.8 Å². The van der Waals surface area contributed by atoms with E-state index < -0.39 is 6.09 Å². The number of carbonyl (C=O) groups excluding carboxylic acids is 1. The summed E-state index contributed by atoms with van der Waals surface area (Å²) < 4.78 is 5.19. The summed E-state index contributed by atoms with van der Waals surface area (Å²) in [6.07, 6.45) is -0.532. The number of ether oxygens (including phenoxy) is 1. The molecule has 0 saturated heterocycles. The van der Waals surface area contributed by atoms with Gasteiger partial charge < -0.3 is 4.74 Å². The Labute approximate surface area is 122 Å². The van der Waals surface area contributed by atoms with Gasteiger partial charge in [0.1, 0.15) is 11.8 Å². The van der Waals surface area contributed by atoms with Crippen LogP contribution >= 0.6 is 11.6 Å². The quantitative estimate of drug-likeness (QED) is 0.815. The van der Waals surface area contributed by atoms with Crippen molar-refractivity contribution < 1.29 is 9.53 Å². The molecule has 2 rings (SSSR count). The minimum Gasteiger partial charge on any atom is -0.444 e. The van der Waals surface area contributed by atoms with Gasteiger partial charge >= 0.3 is 6.09 Å². The Morgan fingerprint density at radius 2 is 2.00 bits per heavy atom. The second-order valence-corrected chi connectivity index (χ2v) is 4.62. The highest BCUT2D eigenvalue weighted by molar-refractivity contribution is 6.29. The molecule has 1 amide bonds. The Bertz CT molecular complexity index is 584. The summed E-state index contributed by atoms with van der Waals surface area (Å²) in [5.41, 5.74) is 1.60. The topological polar surface area (TPSA) is 55.3 Å². The molecule has 0 radical (unpaired) electrons. The number of hydrogen-bond acceptors (Lipinski definition) is 4. The summed E-state index contributed by atoms with van der Waals surface area (Å²) in [5, 5.41) is 0.287. The van der Waals surface area contributed by atoms with Crippen LogP contribution in [0, 0.1) is 6.92 Å². The second kappa shape index (κ2) is 6.34. The lowest BCUT2D eigenvalue weighted by molar-refractivity contribution is 0.148. The van der Waals surface area contributed by atoms with Gasteiger partial charge in [0, 0.05) is 12.7 Å². The first-order valence-electron chi connectivity index (χ1n) is 6.02. The molecule has 20 heavy (non-hydrogen) atoms. The van der Waals surface area contributed by atoms with Crippen molar-refractivity contribution in [3.63, 3.8) is 0 Å². The van der Waals surface area contributed by atoms with Gasteiger partial charge in [-0.15, -0.1) is 0 Å². The SMILES string of the molecule is Cc1cc(Cl)nc(N(C)C(=O)OCc2ccccc2)n1. The highest BCUT2D eigenvalue weighted by Gasteiger charge is 2.16. The van der Waals surface area contributed by atoms with E-state index in [4.69, 9.17) is 16.3 Å². The second-order valence-electron chi connectivity index (χ2n) is 4.23. The predicted octanol–water partition coefficient (Wildman–Crippen LogP) is 3.21.